The number of nitrogens with zero attached hydrogens (tertiary/aromatic N) is 1. The standard InChI is InChI=1S/C15H11ClF3IN3O3/c1-8(24)21-9-2-4-10(5-3-9)22-13-7-12(16)11(15(17,18)19)6-14(13)23(26)20-25/h2-7,22H,1H3,(H,21,24)/q-1. The van der Waals surface area contributed by atoms with E-state index in [1.165, 1.54) is 6.92 Å². The molecule has 140 valence electrons. The first-order chi connectivity index (χ1) is 12.1. The lowest BCUT2D eigenvalue weighted by Crippen LogP contribution is -2.10. The van der Waals surface area contributed by atoms with E-state index < -0.39 is 43.9 Å². The molecule has 0 spiro atoms. The molecule has 1 amide bonds. The van der Waals surface area contributed by atoms with Gasteiger partial charge in [-0.3, -0.25) is 4.79 Å². The van der Waals surface area contributed by atoms with E-state index in [4.69, 9.17) is 11.6 Å². The lowest BCUT2D eigenvalue weighted by atomic mass is 10.1. The van der Waals surface area contributed by atoms with E-state index in [1.807, 2.05) is 0 Å². The first kappa shape index (κ1) is 20.4. The molecule has 0 atom stereocenters. The highest BCUT2D eigenvalue weighted by Gasteiger charge is 2.34. The Morgan fingerprint density at radius 2 is 1.77 bits per heavy atom. The van der Waals surface area contributed by atoms with Crippen LogP contribution in [-0.4, -0.2) is 5.91 Å². The fourth-order valence-electron chi connectivity index (χ4n) is 2.06. The third kappa shape index (κ3) is 5.05. The van der Waals surface area contributed by atoms with E-state index in [1.54, 1.807) is 24.3 Å². The molecule has 0 unspecified atom stereocenters. The second-order valence-electron chi connectivity index (χ2n) is 5.04. The second kappa shape index (κ2) is 8.18. The Morgan fingerprint density at radius 3 is 2.27 bits per heavy atom. The molecular weight excluding hydrogens is 490 g/mol. The van der Waals surface area contributed by atoms with Crippen LogP contribution in [0.3, 0.4) is 0 Å². The summed E-state index contributed by atoms with van der Waals surface area (Å²) < 4.78 is 49.9. The highest BCUT2D eigenvalue weighted by Crippen LogP contribution is 2.42. The Morgan fingerprint density at radius 1 is 1.19 bits per heavy atom. The number of benzene rings is 2. The molecule has 0 fully saturated rings. The summed E-state index contributed by atoms with van der Waals surface area (Å²) in [6.45, 7) is 1.34. The van der Waals surface area contributed by atoms with Crippen molar-refractivity contribution in [1.82, 2.24) is 0 Å². The van der Waals surface area contributed by atoms with Crippen LogP contribution < -0.4 is 13.9 Å². The van der Waals surface area contributed by atoms with Gasteiger partial charge in [-0.25, -0.2) is 3.07 Å². The first-order valence-corrected chi connectivity index (χ1v) is 9.14. The molecule has 0 heterocycles. The molecule has 0 bridgehead atoms. The average Bonchev–Trinajstić information content (AvgIpc) is 2.54. The van der Waals surface area contributed by atoms with Gasteiger partial charge >= 0.3 is 6.18 Å². The quantitative estimate of drug-likeness (QED) is 0.317. The normalized spacial score (nSPS) is 11.2. The number of hydrogen-bond acceptors (Lipinski definition) is 4. The maximum atomic E-state index is 13.0. The second-order valence-corrected chi connectivity index (χ2v) is 6.72. The Balaban J connectivity index is 2.40. The van der Waals surface area contributed by atoms with Gasteiger partial charge in [0, 0.05) is 18.3 Å². The Hall–Kier alpha value is -1.92. The number of carbonyl (C=O) groups is 1. The minimum absolute atomic E-state index is 0.00153. The van der Waals surface area contributed by atoms with E-state index in [0.717, 1.165) is 6.07 Å². The number of anilines is 4. The molecule has 0 saturated carbocycles. The number of nitrogens with one attached hydrogen (secondary N) is 2. The van der Waals surface area contributed by atoms with E-state index >= 15 is 0 Å². The van der Waals surface area contributed by atoms with Crippen LogP contribution in [-0.2, 0) is 14.0 Å². The summed E-state index contributed by atoms with van der Waals surface area (Å²) in [6.07, 6.45) is -4.76. The lowest BCUT2D eigenvalue weighted by molar-refractivity contribution is -0.137. The molecule has 2 aromatic carbocycles. The molecule has 6 nitrogen and oxygen atoms in total. The highest BCUT2D eigenvalue weighted by atomic mass is 127. The lowest BCUT2D eigenvalue weighted by Gasteiger charge is -2.26. The topological polar surface area (TPSA) is 84.5 Å². The molecule has 2 N–H and O–H groups in total. The van der Waals surface area contributed by atoms with Crippen molar-refractivity contribution in [2.75, 3.05) is 13.9 Å². The first-order valence-electron chi connectivity index (χ1n) is 6.92. The molecule has 11 heteroatoms. The van der Waals surface area contributed by atoms with Crippen molar-refractivity contribution >= 4 is 61.7 Å². The summed E-state index contributed by atoms with van der Waals surface area (Å²) in [5.74, 6) is -0.260. The highest BCUT2D eigenvalue weighted by molar-refractivity contribution is 14.1. The summed E-state index contributed by atoms with van der Waals surface area (Å²) in [5, 5.41) is 16.5. The van der Waals surface area contributed by atoms with Crippen molar-refractivity contribution in [3.63, 3.8) is 0 Å². The van der Waals surface area contributed by atoms with Crippen molar-refractivity contribution in [2.24, 2.45) is 0 Å². The third-order valence-electron chi connectivity index (χ3n) is 3.13. The van der Waals surface area contributed by atoms with Crippen molar-refractivity contribution < 1.29 is 21.0 Å². The predicted molar refractivity (Wildman–Crippen MR) is 101 cm³/mol. The van der Waals surface area contributed by atoms with Gasteiger partial charge in [0.15, 0.2) is 0 Å². The summed E-state index contributed by atoms with van der Waals surface area (Å²) in [4.78, 5) is 11.0. The number of rotatable bonds is 5. The molecule has 26 heavy (non-hydrogen) atoms. The van der Waals surface area contributed by atoms with Crippen LogP contribution >= 0.6 is 33.1 Å². The Bertz CT molecular complexity index is 831. The number of carbonyl (C=O) groups excluding carboxylic acids is 1. The van der Waals surface area contributed by atoms with Gasteiger partial charge < -0.3 is 19.1 Å². The summed E-state index contributed by atoms with van der Waals surface area (Å²) in [5.41, 5.74) is -0.714. The van der Waals surface area contributed by atoms with Crippen molar-refractivity contribution in [1.29, 1.82) is 0 Å². The molecule has 0 aliphatic heterocycles. The van der Waals surface area contributed by atoms with Crippen LogP contribution in [0.1, 0.15) is 12.5 Å². The zero-order valence-corrected chi connectivity index (χ0v) is 15.9. The SMILES string of the molecule is CC(=O)Nc1ccc(Nc2cc(Cl)c(C(F)(F)F)cc2N([O-])I=O)cc1. The fourth-order valence-corrected chi connectivity index (χ4v) is 2.94. The molecule has 2 rings (SSSR count). The number of alkyl halides is 3. The maximum Gasteiger partial charge on any atom is 0.417 e. The monoisotopic (exact) mass is 500 g/mol. The molecular formula is C15H11ClF3IN3O3-. The number of amides is 1. The smallest absolute Gasteiger partial charge is 0.417 e. The predicted octanol–water partition coefficient (Wildman–Crippen LogP) is 5.60. The van der Waals surface area contributed by atoms with Gasteiger partial charge in [-0.2, -0.15) is 13.2 Å². The molecule has 0 saturated heterocycles. The van der Waals surface area contributed by atoms with Crippen LogP contribution in [0.15, 0.2) is 36.4 Å². The molecule has 0 aromatic heterocycles. The number of hydrogen-bond donors (Lipinski definition) is 2. The minimum atomic E-state index is -4.76. The van der Waals surface area contributed by atoms with Gasteiger partial charge in [-0.15, -0.1) is 0 Å². The summed E-state index contributed by atoms with van der Waals surface area (Å²) in [6, 6.07) is 7.71. The van der Waals surface area contributed by atoms with Gasteiger partial charge in [-0.05, 0) is 36.4 Å². The van der Waals surface area contributed by atoms with Crippen molar-refractivity contribution in [3.8, 4) is 0 Å². The van der Waals surface area contributed by atoms with Gasteiger partial charge in [-0.1, -0.05) is 11.6 Å². The van der Waals surface area contributed by atoms with E-state index in [2.05, 4.69) is 10.6 Å². The van der Waals surface area contributed by atoms with Gasteiger partial charge in [0.25, 0.3) is 21.5 Å². The van der Waals surface area contributed by atoms with Crippen LogP contribution in [0.2, 0.25) is 5.02 Å². The molecule has 2 aromatic rings. The summed E-state index contributed by atoms with van der Waals surface area (Å²) >= 11 is 3.41. The van der Waals surface area contributed by atoms with Crippen LogP contribution in [0.4, 0.5) is 35.9 Å². The van der Waals surface area contributed by atoms with Crippen molar-refractivity contribution in [2.45, 2.75) is 13.1 Å². The van der Waals surface area contributed by atoms with Crippen LogP contribution in [0.5, 0.6) is 0 Å². The largest absolute Gasteiger partial charge is 0.747 e. The average molecular weight is 501 g/mol. The molecule has 0 aliphatic rings. The minimum Gasteiger partial charge on any atom is -0.747 e. The van der Waals surface area contributed by atoms with Gasteiger partial charge in [0.2, 0.25) is 5.91 Å². The Labute approximate surface area is 161 Å². The van der Waals surface area contributed by atoms with Gasteiger partial charge in [0.05, 0.1) is 22.0 Å². The third-order valence-corrected chi connectivity index (χ3v) is 4.32. The maximum absolute atomic E-state index is 13.0. The van der Waals surface area contributed by atoms with Crippen LogP contribution in [0, 0.1) is 5.21 Å². The number of halogens is 5. The van der Waals surface area contributed by atoms with E-state index in [9.17, 15) is 26.2 Å². The zero-order chi connectivity index (χ0) is 19.5. The zero-order valence-electron chi connectivity index (χ0n) is 13.0. The van der Waals surface area contributed by atoms with Gasteiger partial charge in [0.1, 0.15) is 0 Å². The fraction of sp³-hybridized carbons (Fsp3) is 0.133. The van der Waals surface area contributed by atoms with Crippen molar-refractivity contribution in [3.05, 3.63) is 52.2 Å². The Kier molecular flexibility index (Phi) is 6.42. The summed E-state index contributed by atoms with van der Waals surface area (Å²) in [7, 11) is 0. The molecule has 0 aliphatic carbocycles. The van der Waals surface area contributed by atoms with E-state index in [0.29, 0.717) is 17.4 Å². The van der Waals surface area contributed by atoms with E-state index in [-0.39, 0.29) is 14.9 Å². The van der Waals surface area contributed by atoms with Crippen LogP contribution in [0.25, 0.3) is 0 Å². The molecule has 0 radical (unpaired) electrons.